The first-order valence-corrected chi connectivity index (χ1v) is 14.3. The van der Waals surface area contributed by atoms with Crippen LogP contribution in [-0.2, 0) is 14.3 Å². The lowest BCUT2D eigenvalue weighted by molar-refractivity contribution is 0.252. The summed E-state index contributed by atoms with van der Waals surface area (Å²) in [5.74, 6) is 0. The summed E-state index contributed by atoms with van der Waals surface area (Å²) in [5, 5.41) is 3.44. The van der Waals surface area contributed by atoms with E-state index in [0.717, 1.165) is 5.56 Å². The summed E-state index contributed by atoms with van der Waals surface area (Å²) < 4.78 is 32.6. The molecule has 3 rings (SSSR count). The third-order valence-corrected chi connectivity index (χ3v) is 12.2. The number of hydrogen-bond donors (Lipinski definition) is 0. The molecule has 0 fully saturated rings. The van der Waals surface area contributed by atoms with E-state index in [9.17, 15) is 8.42 Å². The fraction of sp³-hybridized carbons (Fsp3) is 0.259. The molecular weight excluding hydrogens is 432 g/mol. The van der Waals surface area contributed by atoms with E-state index in [1.54, 1.807) is 18.2 Å². The monoisotopic (exact) mass is 464 g/mol. The van der Waals surface area contributed by atoms with Crippen LogP contribution in [0.2, 0.25) is 5.04 Å². The normalized spacial score (nSPS) is 13.9. The van der Waals surface area contributed by atoms with Crippen molar-refractivity contribution in [3.05, 3.63) is 102 Å². The van der Waals surface area contributed by atoms with Crippen molar-refractivity contribution in [2.75, 3.05) is 0 Å². The molecule has 168 valence electrons. The van der Waals surface area contributed by atoms with Gasteiger partial charge in [-0.25, -0.2) is 8.42 Å². The molecule has 0 aliphatic rings. The molecule has 5 heteroatoms. The lowest BCUT2D eigenvalue weighted by Crippen LogP contribution is -2.67. The fourth-order valence-corrected chi connectivity index (χ4v) is 9.78. The summed E-state index contributed by atoms with van der Waals surface area (Å²) in [6.45, 7) is 10.5. The maximum Gasteiger partial charge on any atom is 0.261 e. The maximum atomic E-state index is 12.8. The average Bonchev–Trinajstić information content (AvgIpc) is 2.77. The zero-order valence-corrected chi connectivity index (χ0v) is 21.3. The molecule has 0 aliphatic heterocycles. The Morgan fingerprint density at radius 2 is 1.28 bits per heavy atom. The Morgan fingerprint density at radius 3 is 1.72 bits per heavy atom. The zero-order chi connectivity index (χ0) is 23.4. The van der Waals surface area contributed by atoms with Crippen LogP contribution in [0.3, 0.4) is 0 Å². The van der Waals surface area contributed by atoms with Gasteiger partial charge in [-0.15, -0.1) is 0 Å². The minimum Gasteiger partial charge on any atom is -0.401 e. The molecule has 0 aromatic heterocycles. The van der Waals surface area contributed by atoms with Crippen molar-refractivity contribution in [1.29, 1.82) is 0 Å². The highest BCUT2D eigenvalue weighted by molar-refractivity contribution is 7.94. The highest BCUT2D eigenvalue weighted by atomic mass is 32.2. The average molecular weight is 465 g/mol. The second-order valence-electron chi connectivity index (χ2n) is 9.17. The number of aryl methyl sites for hydroxylation is 1. The van der Waals surface area contributed by atoms with E-state index >= 15 is 0 Å². The first-order valence-electron chi connectivity index (χ1n) is 10.8. The van der Waals surface area contributed by atoms with Crippen molar-refractivity contribution < 1.29 is 12.8 Å². The summed E-state index contributed by atoms with van der Waals surface area (Å²) in [7, 11) is -6.28. The highest BCUT2D eigenvalue weighted by Crippen LogP contribution is 2.37. The van der Waals surface area contributed by atoms with Crippen LogP contribution >= 0.6 is 0 Å². The second-order valence-corrected chi connectivity index (χ2v) is 15.3. The van der Waals surface area contributed by atoms with Gasteiger partial charge in [0.15, 0.2) is 9.84 Å². The Morgan fingerprint density at radius 1 is 0.812 bits per heavy atom. The van der Waals surface area contributed by atoms with Gasteiger partial charge in [0.05, 0.1) is 11.0 Å². The Labute approximate surface area is 193 Å². The molecule has 0 saturated heterocycles. The third-order valence-electron chi connectivity index (χ3n) is 5.66. The third kappa shape index (κ3) is 5.12. The topological polar surface area (TPSA) is 43.4 Å². The molecular formula is C27H32O3SSi. The van der Waals surface area contributed by atoms with Crippen LogP contribution in [-0.4, -0.2) is 22.8 Å². The van der Waals surface area contributed by atoms with Crippen molar-refractivity contribution in [3.8, 4) is 0 Å². The van der Waals surface area contributed by atoms with Crippen LogP contribution in [0.1, 0.15) is 33.3 Å². The molecule has 0 amide bonds. The van der Waals surface area contributed by atoms with Crippen molar-refractivity contribution in [3.63, 3.8) is 0 Å². The highest BCUT2D eigenvalue weighted by Gasteiger charge is 2.50. The van der Waals surface area contributed by atoms with Gasteiger partial charge < -0.3 is 4.43 Å². The van der Waals surface area contributed by atoms with E-state index < -0.39 is 18.2 Å². The lowest BCUT2D eigenvalue weighted by atomic mass is 10.2. The predicted octanol–water partition coefficient (Wildman–Crippen LogP) is 5.25. The quantitative estimate of drug-likeness (QED) is 0.449. The molecule has 0 N–H and O–H groups in total. The van der Waals surface area contributed by atoms with Gasteiger partial charge in [0.1, 0.15) is 0 Å². The van der Waals surface area contributed by atoms with Crippen LogP contribution in [0.4, 0.5) is 0 Å². The number of hydrogen-bond acceptors (Lipinski definition) is 3. The lowest BCUT2D eigenvalue weighted by Gasteiger charge is -2.44. The predicted molar refractivity (Wildman–Crippen MR) is 136 cm³/mol. The second kappa shape index (κ2) is 9.57. The summed E-state index contributed by atoms with van der Waals surface area (Å²) in [6, 6.07) is 27.6. The molecule has 0 heterocycles. The number of benzene rings is 3. The van der Waals surface area contributed by atoms with Gasteiger partial charge in [-0.2, -0.15) is 0 Å². The van der Waals surface area contributed by atoms with Crippen LogP contribution in [0.25, 0.3) is 0 Å². The first kappa shape index (κ1) is 24.2. The molecule has 0 aliphatic carbocycles. The Hall–Kier alpha value is -2.47. The largest absolute Gasteiger partial charge is 0.401 e. The maximum absolute atomic E-state index is 12.8. The van der Waals surface area contributed by atoms with Crippen molar-refractivity contribution >= 4 is 28.5 Å². The van der Waals surface area contributed by atoms with Crippen LogP contribution in [0, 0.1) is 6.92 Å². The fourth-order valence-electron chi connectivity index (χ4n) is 4.03. The molecule has 0 unspecified atom stereocenters. The standard InChI is InChI=1S/C27H32O3SSi/c1-22-16-18-24(19-17-22)31(28,29)21-20-23(2)30-32(27(3,4)5,25-12-8-6-9-13-25)26-14-10-7-11-15-26/h6-21,23H,1-5H3/b21-20-/t23-/m0/s1. The van der Waals surface area contributed by atoms with Crippen molar-refractivity contribution in [1.82, 2.24) is 0 Å². The minimum atomic E-state index is -3.54. The van der Waals surface area contributed by atoms with Gasteiger partial charge in [-0.1, -0.05) is 99.1 Å². The van der Waals surface area contributed by atoms with Gasteiger partial charge in [-0.3, -0.25) is 0 Å². The van der Waals surface area contributed by atoms with Gasteiger partial charge in [0.25, 0.3) is 8.32 Å². The SMILES string of the molecule is Cc1ccc(S(=O)(=O)/C=C\[C@H](C)O[Si](c2ccccc2)(c2ccccc2)C(C)(C)C)cc1. The zero-order valence-electron chi connectivity index (χ0n) is 19.4. The minimum absolute atomic E-state index is 0.173. The Balaban J connectivity index is 2.02. The smallest absolute Gasteiger partial charge is 0.261 e. The van der Waals surface area contributed by atoms with Gasteiger partial charge in [0.2, 0.25) is 0 Å². The molecule has 32 heavy (non-hydrogen) atoms. The number of rotatable bonds is 7. The van der Waals surface area contributed by atoms with E-state index in [2.05, 4.69) is 45.0 Å². The van der Waals surface area contributed by atoms with E-state index in [0.29, 0.717) is 0 Å². The van der Waals surface area contributed by atoms with Gasteiger partial charge in [-0.05, 0) is 47.5 Å². The van der Waals surface area contributed by atoms with E-state index in [1.165, 1.54) is 15.8 Å². The molecule has 0 radical (unpaired) electrons. The summed E-state index contributed by atoms with van der Waals surface area (Å²) in [4.78, 5) is 0.289. The van der Waals surface area contributed by atoms with E-state index in [1.807, 2.05) is 62.4 Å². The van der Waals surface area contributed by atoms with Crippen molar-refractivity contribution in [2.24, 2.45) is 0 Å². The summed E-state index contributed by atoms with van der Waals surface area (Å²) in [6.07, 6.45) is 1.27. The van der Waals surface area contributed by atoms with Crippen LogP contribution in [0.15, 0.2) is 101 Å². The molecule has 1 atom stereocenters. The van der Waals surface area contributed by atoms with Gasteiger partial charge >= 0.3 is 0 Å². The molecule has 3 nitrogen and oxygen atoms in total. The van der Waals surface area contributed by atoms with Crippen LogP contribution in [0.5, 0.6) is 0 Å². The van der Waals surface area contributed by atoms with E-state index in [-0.39, 0.29) is 16.0 Å². The van der Waals surface area contributed by atoms with Gasteiger partial charge in [0, 0.05) is 5.41 Å². The summed E-state index contributed by atoms with van der Waals surface area (Å²) >= 11 is 0. The molecule has 3 aromatic rings. The molecule has 3 aromatic carbocycles. The number of sulfone groups is 1. The Kier molecular flexibility index (Phi) is 7.23. The molecule has 0 saturated carbocycles. The Bertz CT molecular complexity index is 1110. The molecule has 0 spiro atoms. The molecule has 0 bridgehead atoms. The van der Waals surface area contributed by atoms with Crippen molar-refractivity contribution in [2.45, 2.75) is 50.7 Å². The summed E-state index contributed by atoms with van der Waals surface area (Å²) in [5.41, 5.74) is 1.02. The van der Waals surface area contributed by atoms with Crippen LogP contribution < -0.4 is 10.4 Å². The first-order chi connectivity index (χ1) is 15.1. The van der Waals surface area contributed by atoms with E-state index in [4.69, 9.17) is 4.43 Å².